The van der Waals surface area contributed by atoms with Gasteiger partial charge >= 0.3 is 11.9 Å². The van der Waals surface area contributed by atoms with Gasteiger partial charge in [-0.05, 0) is 54.1 Å². The third-order valence-electron chi connectivity index (χ3n) is 5.69. The van der Waals surface area contributed by atoms with E-state index in [1.54, 1.807) is 53.9 Å². The summed E-state index contributed by atoms with van der Waals surface area (Å²) in [7, 11) is -3.52. The molecule has 2 heterocycles. The topological polar surface area (TPSA) is 122 Å². The predicted molar refractivity (Wildman–Crippen MR) is 141 cm³/mol. The highest BCUT2D eigenvalue weighted by atomic mass is 35.5. The number of hydrogen-bond donors (Lipinski definition) is 2. The van der Waals surface area contributed by atoms with E-state index in [1.807, 2.05) is 0 Å². The molecular weight excluding hydrogens is 540 g/mol. The third-order valence-corrected chi connectivity index (χ3v) is 8.62. The number of carboxylic acid groups (broad SMARTS) is 1. The Morgan fingerprint density at radius 1 is 1.11 bits per heavy atom. The van der Waals surface area contributed by atoms with Crippen molar-refractivity contribution < 1.29 is 32.6 Å². The molecule has 0 spiro atoms. The van der Waals surface area contributed by atoms with Crippen molar-refractivity contribution in [2.75, 3.05) is 25.0 Å². The number of nitrogens with zero attached hydrogens (tertiary/aromatic N) is 1. The fourth-order valence-corrected chi connectivity index (χ4v) is 6.33. The number of nitrogens with one attached hydrogen (secondary N) is 1. The van der Waals surface area contributed by atoms with Crippen LogP contribution < -0.4 is 14.8 Å². The lowest BCUT2D eigenvalue weighted by atomic mass is 10.1. The number of carbonyl (C=O) groups excluding carboxylic acids is 1. The Labute approximate surface area is 223 Å². The molecule has 196 valence electrons. The Hall–Kier alpha value is -3.12. The molecule has 0 aliphatic carbocycles. The van der Waals surface area contributed by atoms with Crippen LogP contribution in [0.1, 0.15) is 28.1 Å². The number of carboxylic acids is 1. The number of thiophene rings is 1. The van der Waals surface area contributed by atoms with Gasteiger partial charge in [-0.1, -0.05) is 35.9 Å². The highest BCUT2D eigenvalue weighted by Crippen LogP contribution is 2.37. The summed E-state index contributed by atoms with van der Waals surface area (Å²) in [6, 6.07) is 14.9. The number of carbonyl (C=O) groups is 2. The van der Waals surface area contributed by atoms with Crippen LogP contribution in [0.2, 0.25) is 5.02 Å². The van der Waals surface area contributed by atoms with Gasteiger partial charge in [0.15, 0.2) is 18.1 Å². The fraction of sp³-hybridized carbons (Fsp3) is 0.280. The van der Waals surface area contributed by atoms with Crippen molar-refractivity contribution in [1.29, 1.82) is 0 Å². The van der Waals surface area contributed by atoms with Crippen molar-refractivity contribution in [3.8, 4) is 11.5 Å². The van der Waals surface area contributed by atoms with E-state index in [-0.39, 0.29) is 23.3 Å². The van der Waals surface area contributed by atoms with E-state index in [1.165, 1.54) is 21.7 Å². The smallest absolute Gasteiger partial charge is 0.353 e. The van der Waals surface area contributed by atoms with Crippen molar-refractivity contribution >= 4 is 50.6 Å². The summed E-state index contributed by atoms with van der Waals surface area (Å²) in [5.74, 6) is -1.69. The number of rotatable bonds is 10. The van der Waals surface area contributed by atoms with Crippen LogP contribution in [0.3, 0.4) is 0 Å². The highest BCUT2D eigenvalue weighted by Gasteiger charge is 2.29. The Bertz CT molecular complexity index is 1360. The molecule has 9 nitrogen and oxygen atoms in total. The van der Waals surface area contributed by atoms with E-state index < -0.39 is 28.6 Å². The van der Waals surface area contributed by atoms with Crippen LogP contribution in [0.4, 0.5) is 5.69 Å². The van der Waals surface area contributed by atoms with E-state index in [0.717, 1.165) is 0 Å². The van der Waals surface area contributed by atoms with E-state index in [4.69, 9.17) is 26.2 Å². The summed E-state index contributed by atoms with van der Waals surface area (Å²) in [4.78, 5) is 24.0. The van der Waals surface area contributed by atoms with E-state index in [9.17, 15) is 18.0 Å². The Kier molecular flexibility index (Phi) is 8.70. The van der Waals surface area contributed by atoms with Gasteiger partial charge in [0.25, 0.3) is 0 Å². The van der Waals surface area contributed by atoms with Crippen molar-refractivity contribution in [1.82, 2.24) is 4.31 Å². The molecule has 1 aliphatic heterocycles. The first-order chi connectivity index (χ1) is 17.7. The summed E-state index contributed by atoms with van der Waals surface area (Å²) in [6.07, 6.45) is 1.04. The molecule has 0 radical (unpaired) electrons. The summed E-state index contributed by atoms with van der Waals surface area (Å²) in [5.41, 5.74) is 1.08. The SMILES string of the molecule is O=C(O)COc1c(NC2CCN(S(=O)(=O)Cc3cccc(Cl)c3)CC2)cccc1OC(=O)c1cccs1. The van der Waals surface area contributed by atoms with Gasteiger partial charge in [0, 0.05) is 24.2 Å². The van der Waals surface area contributed by atoms with Crippen LogP contribution >= 0.6 is 22.9 Å². The minimum atomic E-state index is -3.52. The molecule has 1 fully saturated rings. The van der Waals surface area contributed by atoms with Crippen LogP contribution in [-0.4, -0.2) is 55.5 Å². The average molecular weight is 565 g/mol. The number of esters is 1. The second-order valence-corrected chi connectivity index (χ2v) is 11.7. The van der Waals surface area contributed by atoms with E-state index in [2.05, 4.69) is 5.32 Å². The average Bonchev–Trinajstić information content (AvgIpc) is 3.39. The molecule has 0 bridgehead atoms. The van der Waals surface area contributed by atoms with Gasteiger partial charge in [-0.15, -0.1) is 11.3 Å². The monoisotopic (exact) mass is 564 g/mol. The molecule has 1 saturated heterocycles. The molecule has 2 N–H and O–H groups in total. The first-order valence-corrected chi connectivity index (χ1v) is 14.3. The largest absolute Gasteiger partial charge is 0.479 e. The minimum Gasteiger partial charge on any atom is -0.479 e. The quantitative estimate of drug-likeness (QED) is 0.273. The zero-order chi connectivity index (χ0) is 26.4. The summed E-state index contributed by atoms with van der Waals surface area (Å²) >= 11 is 7.21. The van der Waals surface area contributed by atoms with Crippen LogP contribution in [0.15, 0.2) is 60.0 Å². The second kappa shape index (κ2) is 12.0. The molecule has 0 amide bonds. The molecule has 0 saturated carbocycles. The van der Waals surface area contributed by atoms with Crippen molar-refractivity contribution in [2.24, 2.45) is 0 Å². The first kappa shape index (κ1) is 26.9. The lowest BCUT2D eigenvalue weighted by Crippen LogP contribution is -2.42. The van der Waals surface area contributed by atoms with Gasteiger partial charge in [0.1, 0.15) is 4.88 Å². The van der Waals surface area contributed by atoms with Gasteiger partial charge < -0.3 is 19.9 Å². The van der Waals surface area contributed by atoms with Crippen LogP contribution in [-0.2, 0) is 20.6 Å². The normalized spacial score (nSPS) is 14.7. The second-order valence-electron chi connectivity index (χ2n) is 8.39. The van der Waals surface area contributed by atoms with Gasteiger partial charge in [-0.25, -0.2) is 22.3 Å². The number of hydrogen-bond acceptors (Lipinski definition) is 8. The number of anilines is 1. The van der Waals surface area contributed by atoms with E-state index in [0.29, 0.717) is 47.1 Å². The Balaban J connectivity index is 1.43. The van der Waals surface area contributed by atoms with Crippen LogP contribution in [0, 0.1) is 0 Å². The van der Waals surface area contributed by atoms with Gasteiger partial charge in [0.2, 0.25) is 10.0 Å². The molecule has 12 heteroatoms. The third kappa shape index (κ3) is 7.22. The van der Waals surface area contributed by atoms with Gasteiger partial charge in [-0.3, -0.25) is 0 Å². The van der Waals surface area contributed by atoms with Crippen molar-refractivity contribution in [3.63, 3.8) is 0 Å². The van der Waals surface area contributed by atoms with Crippen molar-refractivity contribution in [3.05, 3.63) is 75.4 Å². The lowest BCUT2D eigenvalue weighted by Gasteiger charge is -2.32. The molecule has 1 aliphatic rings. The Morgan fingerprint density at radius 2 is 1.86 bits per heavy atom. The van der Waals surface area contributed by atoms with Gasteiger partial charge in [-0.2, -0.15) is 0 Å². The molecule has 0 atom stereocenters. The fourth-order valence-electron chi connectivity index (χ4n) is 3.96. The van der Waals surface area contributed by atoms with E-state index >= 15 is 0 Å². The molecule has 0 unspecified atom stereocenters. The molecule has 2 aromatic carbocycles. The number of benzene rings is 2. The lowest BCUT2D eigenvalue weighted by molar-refractivity contribution is -0.139. The minimum absolute atomic E-state index is 0.0891. The maximum Gasteiger partial charge on any atom is 0.353 e. The number of aliphatic carboxylic acids is 1. The number of ether oxygens (including phenoxy) is 2. The maximum atomic E-state index is 12.9. The Morgan fingerprint density at radius 3 is 2.54 bits per heavy atom. The first-order valence-electron chi connectivity index (χ1n) is 11.4. The van der Waals surface area contributed by atoms with Crippen LogP contribution in [0.5, 0.6) is 11.5 Å². The number of sulfonamides is 1. The molecule has 1 aromatic heterocycles. The number of piperidine rings is 1. The molecule has 3 aromatic rings. The van der Waals surface area contributed by atoms with Crippen molar-refractivity contribution in [2.45, 2.75) is 24.6 Å². The molecule has 37 heavy (non-hydrogen) atoms. The maximum absolute atomic E-state index is 12.9. The number of halogens is 1. The molecule has 4 rings (SSSR count). The summed E-state index contributed by atoms with van der Waals surface area (Å²) in [6.45, 7) is 0.0142. The number of para-hydroxylation sites is 1. The predicted octanol–water partition coefficient (Wildman–Crippen LogP) is 4.49. The van der Waals surface area contributed by atoms with Crippen LogP contribution in [0.25, 0.3) is 0 Å². The highest BCUT2D eigenvalue weighted by molar-refractivity contribution is 7.88. The standard InChI is InChI=1S/C25H25ClN2O7S2/c26-18-5-1-4-17(14-18)16-37(32,33)28-11-9-19(10-12-28)27-20-6-2-7-21(24(20)34-15-23(29)30)35-25(31)22-8-3-13-36-22/h1-8,13-14,19,27H,9-12,15-16H2,(H,29,30). The summed E-state index contributed by atoms with van der Waals surface area (Å²) < 4.78 is 38.3. The van der Waals surface area contributed by atoms with Gasteiger partial charge in [0.05, 0.1) is 11.4 Å². The molecular formula is C25H25ClN2O7S2. The summed E-state index contributed by atoms with van der Waals surface area (Å²) in [5, 5.41) is 14.7. The zero-order valence-corrected chi connectivity index (χ0v) is 22.0. The zero-order valence-electron chi connectivity index (χ0n) is 19.6.